The molecule has 0 saturated carbocycles. The first-order chi connectivity index (χ1) is 14.2. The zero-order valence-corrected chi connectivity index (χ0v) is 17.3. The lowest BCUT2D eigenvalue weighted by Crippen LogP contribution is -2.56. The minimum Gasteiger partial charge on any atom is -0.396 e. The molecule has 0 aliphatic carbocycles. The fourth-order valence-corrected chi connectivity index (χ4v) is 4.96. The molecule has 6 heteroatoms. The van der Waals surface area contributed by atoms with E-state index in [-0.39, 0.29) is 12.5 Å². The molecule has 29 heavy (non-hydrogen) atoms. The van der Waals surface area contributed by atoms with Crippen LogP contribution in [0.15, 0.2) is 36.7 Å². The molecule has 3 heterocycles. The molecule has 2 aliphatic rings. The third kappa shape index (κ3) is 4.44. The molecular formula is C23H32N4O2. The summed E-state index contributed by atoms with van der Waals surface area (Å²) in [5.74, 6) is 0.535. The highest BCUT2D eigenvalue weighted by molar-refractivity contribution is 6.06. The van der Waals surface area contributed by atoms with E-state index in [9.17, 15) is 9.90 Å². The predicted octanol–water partition coefficient (Wildman–Crippen LogP) is 2.09. The van der Waals surface area contributed by atoms with Gasteiger partial charge in [-0.05, 0) is 49.7 Å². The number of aliphatic hydroxyl groups excluding tert-OH is 1. The second-order valence-electron chi connectivity index (χ2n) is 8.47. The number of rotatable bonds is 5. The van der Waals surface area contributed by atoms with Crippen molar-refractivity contribution in [2.75, 3.05) is 52.9 Å². The molecule has 2 aliphatic heterocycles. The summed E-state index contributed by atoms with van der Waals surface area (Å²) in [4.78, 5) is 24.6. The van der Waals surface area contributed by atoms with E-state index in [0.717, 1.165) is 74.9 Å². The number of piperidine rings is 1. The number of aliphatic hydroxyl groups is 1. The summed E-state index contributed by atoms with van der Waals surface area (Å²) >= 11 is 0. The molecule has 0 radical (unpaired) electrons. The normalized spacial score (nSPS) is 24.1. The smallest absolute Gasteiger partial charge is 0.254 e. The average Bonchev–Trinajstić information content (AvgIpc) is 2.77. The molecule has 2 saturated heterocycles. The van der Waals surface area contributed by atoms with Crippen LogP contribution in [-0.2, 0) is 0 Å². The quantitative estimate of drug-likeness (QED) is 0.839. The monoisotopic (exact) mass is 396 g/mol. The Morgan fingerprint density at radius 1 is 1.17 bits per heavy atom. The van der Waals surface area contributed by atoms with Crippen molar-refractivity contribution in [1.82, 2.24) is 19.7 Å². The number of fused-ring (bicyclic) bond motifs is 1. The molecule has 156 valence electrons. The zero-order valence-electron chi connectivity index (χ0n) is 17.3. The van der Waals surface area contributed by atoms with E-state index >= 15 is 0 Å². The van der Waals surface area contributed by atoms with Gasteiger partial charge in [0.15, 0.2) is 0 Å². The maximum atomic E-state index is 13.4. The van der Waals surface area contributed by atoms with Gasteiger partial charge in [-0.15, -0.1) is 0 Å². The number of likely N-dealkylation sites (N-methyl/N-ethyl adjacent to an activating group) is 1. The van der Waals surface area contributed by atoms with Crippen LogP contribution in [0.2, 0.25) is 0 Å². The highest BCUT2D eigenvalue weighted by atomic mass is 16.3. The van der Waals surface area contributed by atoms with Crippen LogP contribution in [0.25, 0.3) is 10.8 Å². The van der Waals surface area contributed by atoms with Crippen LogP contribution in [0.1, 0.15) is 29.6 Å². The SMILES string of the molecule is CN1CCN([C@H]2CCN(C(=O)c3cccc4cnccc34)C[C@H]2CCCO)CC1. The molecule has 0 bridgehead atoms. The van der Waals surface area contributed by atoms with Crippen molar-refractivity contribution in [3.05, 3.63) is 42.2 Å². The molecule has 1 aromatic heterocycles. The number of benzene rings is 1. The largest absolute Gasteiger partial charge is 0.396 e. The van der Waals surface area contributed by atoms with Gasteiger partial charge in [-0.1, -0.05) is 12.1 Å². The standard InChI is InChI=1S/C23H32N4O2/c1-25-11-13-26(14-12-25)22-8-10-27(17-19(22)5-3-15-28)23(29)21-6-2-4-18-16-24-9-7-20(18)21/h2,4,6-7,9,16,19,22,28H,3,5,8,10-15,17H2,1H3/t19-,22+/m1/s1. The fraction of sp³-hybridized carbons (Fsp3) is 0.565. The van der Waals surface area contributed by atoms with Crippen LogP contribution >= 0.6 is 0 Å². The number of nitrogens with zero attached hydrogens (tertiary/aromatic N) is 4. The summed E-state index contributed by atoms with van der Waals surface area (Å²) in [5.41, 5.74) is 0.767. The summed E-state index contributed by atoms with van der Waals surface area (Å²) < 4.78 is 0. The fourth-order valence-electron chi connectivity index (χ4n) is 4.96. The van der Waals surface area contributed by atoms with Crippen LogP contribution in [0.4, 0.5) is 0 Å². The number of pyridine rings is 1. The molecule has 2 fully saturated rings. The van der Waals surface area contributed by atoms with Crippen LogP contribution < -0.4 is 0 Å². The Bertz CT molecular complexity index is 829. The molecule has 1 N–H and O–H groups in total. The van der Waals surface area contributed by atoms with Gasteiger partial charge in [0.05, 0.1) is 0 Å². The van der Waals surface area contributed by atoms with Gasteiger partial charge in [-0.25, -0.2) is 0 Å². The van der Waals surface area contributed by atoms with Crippen molar-refractivity contribution >= 4 is 16.7 Å². The Morgan fingerprint density at radius 2 is 2.00 bits per heavy atom. The molecule has 4 rings (SSSR count). The first kappa shape index (κ1) is 20.3. The van der Waals surface area contributed by atoms with Crippen molar-refractivity contribution in [1.29, 1.82) is 0 Å². The molecule has 2 atom stereocenters. The van der Waals surface area contributed by atoms with E-state index in [4.69, 9.17) is 0 Å². The van der Waals surface area contributed by atoms with Crippen LogP contribution in [0.3, 0.4) is 0 Å². The molecule has 1 aromatic carbocycles. The Morgan fingerprint density at radius 3 is 2.79 bits per heavy atom. The maximum absolute atomic E-state index is 13.4. The van der Waals surface area contributed by atoms with Gasteiger partial charge in [-0.2, -0.15) is 0 Å². The Hall–Kier alpha value is -2.02. The lowest BCUT2D eigenvalue weighted by atomic mass is 9.86. The highest BCUT2D eigenvalue weighted by Crippen LogP contribution is 2.29. The third-order valence-corrected chi connectivity index (χ3v) is 6.63. The second-order valence-corrected chi connectivity index (χ2v) is 8.47. The number of carbonyl (C=O) groups excluding carboxylic acids is 1. The van der Waals surface area contributed by atoms with Crippen molar-refractivity contribution in [2.24, 2.45) is 5.92 Å². The summed E-state index contributed by atoms with van der Waals surface area (Å²) in [6, 6.07) is 8.32. The minimum absolute atomic E-state index is 0.118. The number of amides is 1. The van der Waals surface area contributed by atoms with E-state index in [1.54, 1.807) is 6.20 Å². The Labute approximate surface area is 173 Å². The van der Waals surface area contributed by atoms with Gasteiger partial charge in [0.1, 0.15) is 0 Å². The number of hydrogen-bond donors (Lipinski definition) is 1. The van der Waals surface area contributed by atoms with Gasteiger partial charge in [0.25, 0.3) is 5.91 Å². The summed E-state index contributed by atoms with van der Waals surface area (Å²) in [6.07, 6.45) is 6.35. The van der Waals surface area contributed by atoms with Gasteiger partial charge >= 0.3 is 0 Å². The van der Waals surface area contributed by atoms with Gasteiger partial charge < -0.3 is 14.9 Å². The number of likely N-dealkylation sites (tertiary alicyclic amines) is 1. The van der Waals surface area contributed by atoms with Crippen LogP contribution in [-0.4, -0.2) is 89.7 Å². The lowest BCUT2D eigenvalue weighted by molar-refractivity contribution is 0.0218. The van der Waals surface area contributed by atoms with Gasteiger partial charge in [0, 0.05) is 75.3 Å². The Kier molecular flexibility index (Phi) is 6.43. The number of aromatic nitrogens is 1. The maximum Gasteiger partial charge on any atom is 0.254 e. The molecule has 6 nitrogen and oxygen atoms in total. The molecule has 2 aromatic rings. The zero-order chi connectivity index (χ0) is 20.2. The molecular weight excluding hydrogens is 364 g/mol. The van der Waals surface area contributed by atoms with E-state index in [1.165, 1.54) is 0 Å². The van der Waals surface area contributed by atoms with Crippen molar-refractivity contribution in [3.63, 3.8) is 0 Å². The lowest BCUT2D eigenvalue weighted by Gasteiger charge is -2.46. The first-order valence-corrected chi connectivity index (χ1v) is 10.8. The number of piperazine rings is 1. The average molecular weight is 397 g/mol. The van der Waals surface area contributed by atoms with Crippen LogP contribution in [0.5, 0.6) is 0 Å². The number of hydrogen-bond acceptors (Lipinski definition) is 5. The highest BCUT2D eigenvalue weighted by Gasteiger charge is 2.36. The van der Waals surface area contributed by atoms with Crippen LogP contribution in [0, 0.1) is 5.92 Å². The van der Waals surface area contributed by atoms with Gasteiger partial charge in [-0.3, -0.25) is 14.7 Å². The first-order valence-electron chi connectivity index (χ1n) is 10.8. The van der Waals surface area contributed by atoms with E-state index in [0.29, 0.717) is 12.0 Å². The summed E-state index contributed by atoms with van der Waals surface area (Å²) in [6.45, 7) is 6.20. The van der Waals surface area contributed by atoms with E-state index in [1.807, 2.05) is 35.4 Å². The summed E-state index contributed by atoms with van der Waals surface area (Å²) in [7, 11) is 2.18. The van der Waals surface area contributed by atoms with Crippen molar-refractivity contribution in [2.45, 2.75) is 25.3 Å². The minimum atomic E-state index is 0.118. The van der Waals surface area contributed by atoms with E-state index < -0.39 is 0 Å². The predicted molar refractivity (Wildman–Crippen MR) is 115 cm³/mol. The second kappa shape index (κ2) is 9.20. The van der Waals surface area contributed by atoms with Crippen molar-refractivity contribution < 1.29 is 9.90 Å². The molecule has 0 spiro atoms. The van der Waals surface area contributed by atoms with Gasteiger partial charge in [0.2, 0.25) is 0 Å². The summed E-state index contributed by atoms with van der Waals surface area (Å²) in [5, 5.41) is 11.4. The topological polar surface area (TPSA) is 59.9 Å². The molecule has 1 amide bonds. The molecule has 0 unspecified atom stereocenters. The number of carbonyl (C=O) groups is 1. The third-order valence-electron chi connectivity index (χ3n) is 6.63. The Balaban J connectivity index is 1.51. The van der Waals surface area contributed by atoms with Crippen molar-refractivity contribution in [3.8, 4) is 0 Å². The van der Waals surface area contributed by atoms with E-state index in [2.05, 4.69) is 21.8 Å².